The highest BCUT2D eigenvalue weighted by molar-refractivity contribution is 6.04. The van der Waals surface area contributed by atoms with Crippen molar-refractivity contribution in [1.82, 2.24) is 9.96 Å². The largest absolute Gasteiger partial charge is 0.328 e. The molecule has 1 N–H and O–H groups in total. The molecule has 0 saturated carbocycles. The topological polar surface area (TPSA) is 60.9 Å². The van der Waals surface area contributed by atoms with Crippen molar-refractivity contribution in [2.75, 3.05) is 6.54 Å². The highest BCUT2D eigenvalue weighted by Gasteiger charge is 2.47. The summed E-state index contributed by atoms with van der Waals surface area (Å²) >= 11 is 0. The summed E-state index contributed by atoms with van der Waals surface area (Å²) in [6, 6.07) is -0.0187. The van der Waals surface area contributed by atoms with Crippen LogP contribution in [0.1, 0.15) is 40.5 Å². The molecule has 1 amide bonds. The Balaban J connectivity index is 2.24. The third-order valence-electron chi connectivity index (χ3n) is 4.08. The maximum Gasteiger partial charge on any atom is 0.247 e. The molecule has 106 valence electrons. The van der Waals surface area contributed by atoms with Crippen molar-refractivity contribution < 1.29 is 14.8 Å². The van der Waals surface area contributed by atoms with Gasteiger partial charge in [0, 0.05) is 23.2 Å². The molecule has 19 heavy (non-hydrogen) atoms. The predicted molar refractivity (Wildman–Crippen MR) is 70.7 cm³/mol. The molecule has 0 spiro atoms. The standard InChI is InChI=1S/C14H22N2O3/c1-13(2)7-10(8-14(3,4)16(13)19)15-9-11(17)5-6-12(15)18/h5-6,10,19H,7-9H2,1-4H3. The van der Waals surface area contributed by atoms with Crippen LogP contribution in [0.4, 0.5) is 0 Å². The Hall–Kier alpha value is -1.20. The number of ketones is 1. The van der Waals surface area contributed by atoms with Crippen LogP contribution in [0.2, 0.25) is 0 Å². The molecule has 2 aliphatic rings. The molecule has 2 aliphatic heterocycles. The van der Waals surface area contributed by atoms with Crippen LogP contribution < -0.4 is 0 Å². The van der Waals surface area contributed by atoms with E-state index < -0.39 is 11.1 Å². The van der Waals surface area contributed by atoms with Gasteiger partial charge in [-0.15, -0.1) is 0 Å². The third kappa shape index (κ3) is 2.58. The number of hydrogen-bond donors (Lipinski definition) is 1. The Morgan fingerprint density at radius 1 is 1.11 bits per heavy atom. The lowest BCUT2D eigenvalue weighted by Crippen LogP contribution is -2.64. The highest BCUT2D eigenvalue weighted by Crippen LogP contribution is 2.38. The van der Waals surface area contributed by atoms with Gasteiger partial charge >= 0.3 is 0 Å². The van der Waals surface area contributed by atoms with Crippen LogP contribution in [0.25, 0.3) is 0 Å². The summed E-state index contributed by atoms with van der Waals surface area (Å²) in [7, 11) is 0. The van der Waals surface area contributed by atoms with Gasteiger partial charge in [0.2, 0.25) is 5.91 Å². The van der Waals surface area contributed by atoms with E-state index >= 15 is 0 Å². The molecule has 2 heterocycles. The van der Waals surface area contributed by atoms with Crippen molar-refractivity contribution in [3.05, 3.63) is 12.2 Å². The summed E-state index contributed by atoms with van der Waals surface area (Å²) in [6.07, 6.45) is 3.99. The zero-order valence-electron chi connectivity index (χ0n) is 12.0. The molecule has 5 nitrogen and oxygen atoms in total. The van der Waals surface area contributed by atoms with Gasteiger partial charge in [-0.3, -0.25) is 9.59 Å². The van der Waals surface area contributed by atoms with Crippen LogP contribution >= 0.6 is 0 Å². The Morgan fingerprint density at radius 2 is 1.63 bits per heavy atom. The molecule has 0 atom stereocenters. The Labute approximate surface area is 113 Å². The zero-order valence-corrected chi connectivity index (χ0v) is 12.0. The number of rotatable bonds is 1. The molecule has 5 heteroatoms. The average Bonchev–Trinajstić information content (AvgIpc) is 2.28. The van der Waals surface area contributed by atoms with E-state index in [0.29, 0.717) is 12.8 Å². The summed E-state index contributed by atoms with van der Waals surface area (Å²) < 4.78 is 0. The fraction of sp³-hybridized carbons (Fsp3) is 0.714. The van der Waals surface area contributed by atoms with Crippen LogP contribution in [-0.2, 0) is 9.59 Å². The van der Waals surface area contributed by atoms with Gasteiger partial charge in [-0.1, -0.05) is 0 Å². The van der Waals surface area contributed by atoms with E-state index in [2.05, 4.69) is 0 Å². The van der Waals surface area contributed by atoms with Gasteiger partial charge in [-0.05, 0) is 46.6 Å². The average molecular weight is 266 g/mol. The van der Waals surface area contributed by atoms with Crippen LogP contribution in [0, 0.1) is 0 Å². The molecular weight excluding hydrogens is 244 g/mol. The van der Waals surface area contributed by atoms with E-state index in [1.165, 1.54) is 17.2 Å². The maximum atomic E-state index is 12.0. The lowest BCUT2D eigenvalue weighted by Gasteiger charge is -2.53. The Morgan fingerprint density at radius 3 is 2.16 bits per heavy atom. The Kier molecular flexibility index (Phi) is 3.31. The number of amides is 1. The molecule has 1 saturated heterocycles. The molecule has 0 unspecified atom stereocenters. The second kappa shape index (κ2) is 4.42. The molecule has 0 aliphatic carbocycles. The van der Waals surface area contributed by atoms with Crippen LogP contribution in [-0.4, -0.2) is 50.5 Å². The number of hydrogen-bond acceptors (Lipinski definition) is 4. The van der Waals surface area contributed by atoms with Crippen molar-refractivity contribution in [1.29, 1.82) is 0 Å². The van der Waals surface area contributed by atoms with Gasteiger partial charge in [0.15, 0.2) is 5.78 Å². The highest BCUT2D eigenvalue weighted by atomic mass is 16.5. The lowest BCUT2D eigenvalue weighted by atomic mass is 9.78. The smallest absolute Gasteiger partial charge is 0.247 e. The second-order valence-electron chi connectivity index (χ2n) is 6.76. The summed E-state index contributed by atoms with van der Waals surface area (Å²) in [5.74, 6) is -0.149. The minimum atomic E-state index is -0.420. The van der Waals surface area contributed by atoms with Crippen molar-refractivity contribution in [2.45, 2.75) is 57.7 Å². The molecule has 1 fully saturated rings. The molecular formula is C14H22N2O3. The first-order valence-electron chi connectivity index (χ1n) is 6.64. The van der Waals surface area contributed by atoms with Gasteiger partial charge < -0.3 is 10.1 Å². The monoisotopic (exact) mass is 266 g/mol. The Bertz CT molecular complexity index is 422. The number of hydroxylamine groups is 2. The van der Waals surface area contributed by atoms with Crippen molar-refractivity contribution >= 4 is 11.7 Å². The molecule has 0 radical (unpaired) electrons. The molecule has 0 aromatic heterocycles. The van der Waals surface area contributed by atoms with Gasteiger partial charge in [0.1, 0.15) is 0 Å². The lowest BCUT2D eigenvalue weighted by molar-refractivity contribution is -0.251. The normalized spacial score (nSPS) is 27.9. The van der Waals surface area contributed by atoms with E-state index in [1.807, 2.05) is 27.7 Å². The first-order chi connectivity index (χ1) is 8.63. The van der Waals surface area contributed by atoms with Crippen LogP contribution in [0.3, 0.4) is 0 Å². The molecule has 2 rings (SSSR count). The zero-order chi connectivity index (χ0) is 14.4. The van der Waals surface area contributed by atoms with Crippen molar-refractivity contribution in [2.24, 2.45) is 0 Å². The maximum absolute atomic E-state index is 12.0. The first kappa shape index (κ1) is 14.2. The quantitative estimate of drug-likeness (QED) is 0.778. The van der Waals surface area contributed by atoms with Gasteiger partial charge in [-0.25, -0.2) is 0 Å². The minimum absolute atomic E-state index is 0.0187. The number of carbonyl (C=O) groups excluding carboxylic acids is 2. The summed E-state index contributed by atoms with van der Waals surface area (Å²) in [5.41, 5.74) is -0.839. The number of carbonyl (C=O) groups is 2. The van der Waals surface area contributed by atoms with E-state index in [0.717, 1.165) is 0 Å². The fourth-order valence-corrected chi connectivity index (χ4v) is 3.31. The van der Waals surface area contributed by atoms with E-state index in [4.69, 9.17) is 0 Å². The van der Waals surface area contributed by atoms with Crippen molar-refractivity contribution in [3.8, 4) is 0 Å². The van der Waals surface area contributed by atoms with Gasteiger partial charge in [0.25, 0.3) is 0 Å². The summed E-state index contributed by atoms with van der Waals surface area (Å²) in [6.45, 7) is 7.96. The predicted octanol–water partition coefficient (Wildman–Crippen LogP) is 1.36. The van der Waals surface area contributed by atoms with E-state index in [9.17, 15) is 14.8 Å². The number of nitrogens with zero attached hydrogens (tertiary/aromatic N) is 2. The molecule has 0 bridgehead atoms. The SMILES string of the molecule is CC1(C)CC(N2CC(=O)C=CC2=O)CC(C)(C)N1O. The van der Waals surface area contributed by atoms with Crippen molar-refractivity contribution in [3.63, 3.8) is 0 Å². The van der Waals surface area contributed by atoms with Gasteiger partial charge in [-0.2, -0.15) is 5.06 Å². The second-order valence-corrected chi connectivity index (χ2v) is 6.76. The van der Waals surface area contributed by atoms with Gasteiger partial charge in [0.05, 0.1) is 6.54 Å². The minimum Gasteiger partial charge on any atom is -0.328 e. The summed E-state index contributed by atoms with van der Waals surface area (Å²) in [4.78, 5) is 25.1. The third-order valence-corrected chi connectivity index (χ3v) is 4.08. The molecule has 0 aromatic carbocycles. The summed E-state index contributed by atoms with van der Waals surface area (Å²) in [5, 5.41) is 11.6. The van der Waals surface area contributed by atoms with Crippen LogP contribution in [0.5, 0.6) is 0 Å². The van der Waals surface area contributed by atoms with E-state index in [1.54, 1.807) is 4.90 Å². The fourth-order valence-electron chi connectivity index (χ4n) is 3.31. The van der Waals surface area contributed by atoms with Crippen LogP contribution in [0.15, 0.2) is 12.2 Å². The first-order valence-corrected chi connectivity index (χ1v) is 6.64. The van der Waals surface area contributed by atoms with E-state index in [-0.39, 0.29) is 24.3 Å². The number of piperidine rings is 1. The molecule has 0 aromatic rings.